The number of carbonyl (C=O) groups excluding carboxylic acids is 1. The van der Waals surface area contributed by atoms with E-state index in [9.17, 15) is 4.79 Å². The molecule has 0 saturated heterocycles. The van der Waals surface area contributed by atoms with Crippen LogP contribution in [0, 0.1) is 5.92 Å². The van der Waals surface area contributed by atoms with E-state index in [-0.39, 0.29) is 11.8 Å². The van der Waals surface area contributed by atoms with Gasteiger partial charge in [-0.2, -0.15) is 0 Å². The third-order valence-electron chi connectivity index (χ3n) is 6.73. The molecule has 0 spiro atoms. The fourth-order valence-corrected chi connectivity index (χ4v) is 4.90. The van der Waals surface area contributed by atoms with Crippen molar-refractivity contribution in [3.05, 3.63) is 72.6 Å². The van der Waals surface area contributed by atoms with Crippen molar-refractivity contribution < 1.29 is 9.53 Å². The Morgan fingerprint density at radius 2 is 1.88 bits per heavy atom. The van der Waals surface area contributed by atoms with Gasteiger partial charge in [0.2, 0.25) is 5.91 Å². The summed E-state index contributed by atoms with van der Waals surface area (Å²) in [4.78, 5) is 17.4. The van der Waals surface area contributed by atoms with Crippen LogP contribution >= 0.6 is 0 Å². The normalized spacial score (nSPS) is 14.2. The maximum absolute atomic E-state index is 12.5. The number of allylic oxidation sites excluding steroid dienone is 1. The minimum atomic E-state index is 0.198. The Kier molecular flexibility index (Phi) is 8.78. The number of ether oxygens (including phenoxy) is 1. The molecular formula is C29H37N3O2. The number of amides is 1. The van der Waals surface area contributed by atoms with Gasteiger partial charge in [0.1, 0.15) is 11.6 Å². The summed E-state index contributed by atoms with van der Waals surface area (Å²) in [6.45, 7) is 6.06. The van der Waals surface area contributed by atoms with Gasteiger partial charge >= 0.3 is 0 Å². The second kappa shape index (κ2) is 12.4. The van der Waals surface area contributed by atoms with Gasteiger partial charge in [-0.3, -0.25) is 4.79 Å². The van der Waals surface area contributed by atoms with Crippen molar-refractivity contribution in [3.63, 3.8) is 0 Å². The van der Waals surface area contributed by atoms with E-state index in [1.165, 1.54) is 24.8 Å². The lowest BCUT2D eigenvalue weighted by Gasteiger charge is -2.20. The molecule has 3 aromatic rings. The van der Waals surface area contributed by atoms with E-state index in [4.69, 9.17) is 9.72 Å². The van der Waals surface area contributed by atoms with Gasteiger partial charge in [-0.15, -0.1) is 6.58 Å². The van der Waals surface area contributed by atoms with Crippen molar-refractivity contribution in [2.24, 2.45) is 5.92 Å². The molecule has 1 aromatic heterocycles. The highest BCUT2D eigenvalue weighted by Gasteiger charge is 2.20. The Morgan fingerprint density at radius 1 is 1.09 bits per heavy atom. The number of hydrogen-bond donors (Lipinski definition) is 1. The molecule has 0 aliphatic heterocycles. The largest absolute Gasteiger partial charge is 0.493 e. The minimum Gasteiger partial charge on any atom is -0.493 e. The van der Waals surface area contributed by atoms with E-state index < -0.39 is 0 Å². The standard InChI is InChI=1S/C29H37N3O2/c1-2-12-23-13-6-9-18-27(23)34-22-11-10-21-32-26-17-8-7-16-25(26)31-28(32)19-20-30-29(33)24-14-4-3-5-15-24/h2,6-9,13,16-18,24H,1,3-5,10-12,14-15,19-22H2,(H,30,33). The highest BCUT2D eigenvalue weighted by molar-refractivity contribution is 5.78. The second-order valence-electron chi connectivity index (χ2n) is 9.20. The maximum Gasteiger partial charge on any atom is 0.223 e. The van der Waals surface area contributed by atoms with Crippen LogP contribution in [0.2, 0.25) is 0 Å². The number of para-hydroxylation sites is 3. The lowest BCUT2D eigenvalue weighted by molar-refractivity contribution is -0.125. The average Bonchev–Trinajstić information content (AvgIpc) is 3.22. The van der Waals surface area contributed by atoms with E-state index in [0.29, 0.717) is 13.2 Å². The third-order valence-corrected chi connectivity index (χ3v) is 6.73. The average molecular weight is 460 g/mol. The topological polar surface area (TPSA) is 56.1 Å². The molecule has 1 N–H and O–H groups in total. The third kappa shape index (κ3) is 6.28. The Morgan fingerprint density at radius 3 is 2.74 bits per heavy atom. The van der Waals surface area contributed by atoms with Crippen LogP contribution in [0.25, 0.3) is 11.0 Å². The van der Waals surface area contributed by atoms with Gasteiger partial charge in [0.15, 0.2) is 0 Å². The highest BCUT2D eigenvalue weighted by atomic mass is 16.5. The monoisotopic (exact) mass is 459 g/mol. The van der Waals surface area contributed by atoms with Crippen molar-refractivity contribution in [1.82, 2.24) is 14.9 Å². The second-order valence-corrected chi connectivity index (χ2v) is 9.20. The molecule has 0 unspecified atom stereocenters. The molecule has 34 heavy (non-hydrogen) atoms. The molecule has 5 nitrogen and oxygen atoms in total. The number of nitrogens with one attached hydrogen (secondary N) is 1. The summed E-state index contributed by atoms with van der Waals surface area (Å²) < 4.78 is 8.37. The van der Waals surface area contributed by atoms with Crippen LogP contribution in [0.4, 0.5) is 0 Å². The predicted octanol–water partition coefficient (Wildman–Crippen LogP) is 5.86. The Labute approximate surface area is 203 Å². The molecule has 1 aliphatic rings. The van der Waals surface area contributed by atoms with Crippen molar-refractivity contribution in [1.29, 1.82) is 0 Å². The molecule has 4 rings (SSSR count). The zero-order chi connectivity index (χ0) is 23.6. The summed E-state index contributed by atoms with van der Waals surface area (Å²) in [6.07, 6.45) is 11.1. The first-order valence-corrected chi connectivity index (χ1v) is 12.8. The van der Waals surface area contributed by atoms with E-state index in [2.05, 4.69) is 40.7 Å². The highest BCUT2D eigenvalue weighted by Crippen LogP contribution is 2.24. The van der Waals surface area contributed by atoms with E-state index in [1.54, 1.807) is 0 Å². The number of unbranched alkanes of at least 4 members (excludes halogenated alkanes) is 1. The van der Waals surface area contributed by atoms with Gasteiger partial charge in [0.05, 0.1) is 17.6 Å². The SMILES string of the molecule is C=CCc1ccccc1OCCCCn1c(CCNC(=O)C2CCCCC2)nc2ccccc21. The van der Waals surface area contributed by atoms with Crippen molar-refractivity contribution in [2.75, 3.05) is 13.2 Å². The molecule has 1 fully saturated rings. The zero-order valence-electron chi connectivity index (χ0n) is 20.2. The summed E-state index contributed by atoms with van der Waals surface area (Å²) >= 11 is 0. The molecular weight excluding hydrogens is 422 g/mol. The molecule has 0 atom stereocenters. The molecule has 1 heterocycles. The van der Waals surface area contributed by atoms with E-state index in [0.717, 1.165) is 67.7 Å². The maximum atomic E-state index is 12.5. The lowest BCUT2D eigenvalue weighted by atomic mass is 9.89. The Bertz CT molecular complexity index is 1080. The zero-order valence-corrected chi connectivity index (χ0v) is 20.2. The summed E-state index contributed by atoms with van der Waals surface area (Å²) in [7, 11) is 0. The van der Waals surface area contributed by atoms with Crippen LogP contribution in [0.1, 0.15) is 56.3 Å². The minimum absolute atomic E-state index is 0.198. The number of aromatic nitrogens is 2. The molecule has 0 radical (unpaired) electrons. The summed E-state index contributed by atoms with van der Waals surface area (Å²) in [6, 6.07) is 16.5. The number of hydrogen-bond acceptors (Lipinski definition) is 3. The first kappa shape index (κ1) is 24.1. The first-order valence-electron chi connectivity index (χ1n) is 12.8. The molecule has 1 amide bonds. The van der Waals surface area contributed by atoms with Gasteiger partial charge in [-0.1, -0.05) is 55.7 Å². The summed E-state index contributed by atoms with van der Waals surface area (Å²) in [5, 5.41) is 3.16. The molecule has 180 valence electrons. The smallest absolute Gasteiger partial charge is 0.223 e. The van der Waals surface area contributed by atoms with Crippen LogP contribution in [-0.2, 0) is 24.2 Å². The fourth-order valence-electron chi connectivity index (χ4n) is 4.90. The fraction of sp³-hybridized carbons (Fsp3) is 0.448. The number of benzene rings is 2. The number of rotatable bonds is 12. The first-order chi connectivity index (χ1) is 16.8. The summed E-state index contributed by atoms with van der Waals surface area (Å²) in [5.41, 5.74) is 3.36. The van der Waals surface area contributed by atoms with Crippen LogP contribution in [-0.4, -0.2) is 28.6 Å². The van der Waals surface area contributed by atoms with Crippen LogP contribution in [0.5, 0.6) is 5.75 Å². The predicted molar refractivity (Wildman–Crippen MR) is 138 cm³/mol. The van der Waals surface area contributed by atoms with Crippen LogP contribution < -0.4 is 10.1 Å². The Hall–Kier alpha value is -3.08. The van der Waals surface area contributed by atoms with Gasteiger partial charge in [-0.25, -0.2) is 4.98 Å². The summed E-state index contributed by atoms with van der Waals surface area (Å²) in [5.74, 6) is 2.41. The number of aryl methyl sites for hydroxylation is 1. The van der Waals surface area contributed by atoms with Crippen LogP contribution in [0.15, 0.2) is 61.2 Å². The quantitative estimate of drug-likeness (QED) is 0.272. The molecule has 0 bridgehead atoms. The van der Waals surface area contributed by atoms with E-state index >= 15 is 0 Å². The number of fused-ring (bicyclic) bond motifs is 1. The Balaban J connectivity index is 1.30. The molecule has 5 heteroatoms. The van der Waals surface area contributed by atoms with Gasteiger partial charge in [0.25, 0.3) is 0 Å². The van der Waals surface area contributed by atoms with Gasteiger partial charge in [0, 0.05) is 25.4 Å². The molecule has 1 aliphatic carbocycles. The molecule has 1 saturated carbocycles. The van der Waals surface area contributed by atoms with E-state index in [1.807, 2.05) is 30.3 Å². The van der Waals surface area contributed by atoms with Gasteiger partial charge in [-0.05, 0) is 55.9 Å². The van der Waals surface area contributed by atoms with Crippen molar-refractivity contribution in [3.8, 4) is 5.75 Å². The number of imidazole rings is 1. The lowest BCUT2D eigenvalue weighted by Crippen LogP contribution is -2.33. The van der Waals surface area contributed by atoms with Gasteiger partial charge < -0.3 is 14.6 Å². The van der Waals surface area contributed by atoms with Crippen molar-refractivity contribution >= 4 is 16.9 Å². The molecule has 2 aromatic carbocycles. The number of carbonyl (C=O) groups is 1. The van der Waals surface area contributed by atoms with Crippen molar-refractivity contribution in [2.45, 2.75) is 64.3 Å². The number of nitrogens with zero attached hydrogens (tertiary/aromatic N) is 2. The van der Waals surface area contributed by atoms with Crippen LogP contribution in [0.3, 0.4) is 0 Å².